The maximum atomic E-state index is 13.3. The molecular formula is C21H26F2N4O4. The molecule has 0 bridgehead atoms. The Hall–Kier alpha value is -2.75. The first kappa shape index (κ1) is 21.5. The van der Waals surface area contributed by atoms with Gasteiger partial charge in [0.15, 0.2) is 6.61 Å². The Morgan fingerprint density at radius 3 is 2.61 bits per heavy atom. The van der Waals surface area contributed by atoms with E-state index in [1.54, 1.807) is 0 Å². The predicted molar refractivity (Wildman–Crippen MR) is 105 cm³/mol. The number of fused-ring (bicyclic) bond motifs is 1. The van der Waals surface area contributed by atoms with Crippen LogP contribution in [-0.4, -0.2) is 54.9 Å². The topological polar surface area (TPSA) is 99.8 Å². The van der Waals surface area contributed by atoms with Crippen LogP contribution < -0.4 is 20.9 Å². The molecule has 0 unspecified atom stereocenters. The van der Waals surface area contributed by atoms with E-state index >= 15 is 0 Å². The summed E-state index contributed by atoms with van der Waals surface area (Å²) in [6.07, 6.45) is 0.700. The highest BCUT2D eigenvalue weighted by molar-refractivity contribution is 5.90. The van der Waals surface area contributed by atoms with Gasteiger partial charge in [-0.2, -0.15) is 0 Å². The number of hydrogen-bond acceptors (Lipinski definition) is 5. The molecule has 3 aliphatic rings. The first-order valence-electron chi connectivity index (χ1n) is 10.4. The predicted octanol–water partition coefficient (Wildman–Crippen LogP) is 0.584. The summed E-state index contributed by atoms with van der Waals surface area (Å²) in [6, 6.07) is 2.03. The standard InChI is InChI=1S/C21H26F2N4O4/c1-21(2)15-9-27(16(28)10-31-14-6-12(22)5-13(23)7-14)18(17(15)21)20(30)26-25-8-11-3-4-24-19(11)29/h5-7,11,15,17-18,25H,3-4,8-10H2,1-2H3,(H,24,29)(H,26,30)/t11-,15-,17-,18-/m0/s1. The molecule has 10 heteroatoms. The first-order valence-corrected chi connectivity index (χ1v) is 10.4. The largest absolute Gasteiger partial charge is 0.484 e. The van der Waals surface area contributed by atoms with E-state index in [4.69, 9.17) is 4.74 Å². The average molecular weight is 436 g/mol. The molecule has 0 radical (unpaired) electrons. The normalized spacial score (nSPS) is 28.1. The van der Waals surface area contributed by atoms with E-state index in [9.17, 15) is 23.2 Å². The zero-order chi connectivity index (χ0) is 22.3. The number of halogens is 2. The van der Waals surface area contributed by atoms with E-state index in [-0.39, 0.29) is 40.7 Å². The Morgan fingerprint density at radius 1 is 1.26 bits per heavy atom. The SMILES string of the molecule is CC1(C)[C@@H]2[C@@H](C(=O)NNC[C@@H]3CCNC3=O)N(C(=O)COc3cc(F)cc(F)c3)C[C@@H]21. The Bertz CT molecular complexity index is 889. The quantitative estimate of drug-likeness (QED) is 0.543. The maximum absolute atomic E-state index is 13.3. The molecule has 0 spiro atoms. The van der Waals surface area contributed by atoms with Crippen molar-refractivity contribution in [1.82, 2.24) is 21.1 Å². The van der Waals surface area contributed by atoms with E-state index in [1.165, 1.54) is 4.90 Å². The highest BCUT2D eigenvalue weighted by Gasteiger charge is 2.69. The second-order valence-corrected chi connectivity index (χ2v) is 8.99. The Labute approximate surface area is 178 Å². The van der Waals surface area contributed by atoms with Crippen molar-refractivity contribution in [2.24, 2.45) is 23.2 Å². The third kappa shape index (κ3) is 4.21. The van der Waals surface area contributed by atoms with Gasteiger partial charge in [0.25, 0.3) is 11.8 Å². The van der Waals surface area contributed by atoms with Crippen LogP contribution in [0.3, 0.4) is 0 Å². The van der Waals surface area contributed by atoms with Gasteiger partial charge in [0.1, 0.15) is 23.4 Å². The highest BCUT2D eigenvalue weighted by atomic mass is 19.1. The lowest BCUT2D eigenvalue weighted by atomic mass is 10.0. The van der Waals surface area contributed by atoms with Gasteiger partial charge >= 0.3 is 0 Å². The van der Waals surface area contributed by atoms with Crippen molar-refractivity contribution < 1.29 is 27.9 Å². The maximum Gasteiger partial charge on any atom is 0.261 e. The third-order valence-electron chi connectivity index (χ3n) is 6.72. The van der Waals surface area contributed by atoms with E-state index in [0.717, 1.165) is 12.1 Å². The summed E-state index contributed by atoms with van der Waals surface area (Å²) in [4.78, 5) is 38.8. The van der Waals surface area contributed by atoms with Crippen LogP contribution in [-0.2, 0) is 14.4 Å². The number of hydrazine groups is 1. The average Bonchev–Trinajstić information content (AvgIpc) is 3.07. The molecule has 4 rings (SSSR count). The van der Waals surface area contributed by atoms with Crippen LogP contribution in [0.15, 0.2) is 18.2 Å². The van der Waals surface area contributed by atoms with Gasteiger partial charge in [-0.05, 0) is 23.7 Å². The van der Waals surface area contributed by atoms with E-state index in [2.05, 4.69) is 30.0 Å². The van der Waals surface area contributed by atoms with E-state index in [1.807, 2.05) is 0 Å². The number of nitrogens with one attached hydrogen (secondary N) is 3. The number of carbonyl (C=O) groups is 3. The number of piperidine rings is 1. The highest BCUT2D eigenvalue weighted by Crippen LogP contribution is 2.64. The Morgan fingerprint density at radius 2 is 1.97 bits per heavy atom. The van der Waals surface area contributed by atoms with Crippen molar-refractivity contribution in [2.45, 2.75) is 26.3 Å². The summed E-state index contributed by atoms with van der Waals surface area (Å²) in [7, 11) is 0. The molecule has 1 aliphatic carbocycles. The van der Waals surface area contributed by atoms with Gasteiger partial charge in [-0.25, -0.2) is 14.2 Å². The number of nitrogens with zero attached hydrogens (tertiary/aromatic N) is 1. The minimum absolute atomic E-state index is 0.0136. The molecule has 3 fully saturated rings. The summed E-state index contributed by atoms with van der Waals surface area (Å²) >= 11 is 0. The van der Waals surface area contributed by atoms with Crippen molar-refractivity contribution in [3.8, 4) is 5.75 Å². The van der Waals surface area contributed by atoms with E-state index < -0.39 is 30.2 Å². The van der Waals surface area contributed by atoms with Crippen molar-refractivity contribution >= 4 is 17.7 Å². The number of hydrogen-bond donors (Lipinski definition) is 3. The molecule has 1 aromatic carbocycles. The van der Waals surface area contributed by atoms with Gasteiger partial charge in [-0.3, -0.25) is 19.8 Å². The number of benzene rings is 1. The zero-order valence-corrected chi connectivity index (χ0v) is 17.4. The van der Waals surface area contributed by atoms with Gasteiger partial charge in [0.2, 0.25) is 5.91 Å². The van der Waals surface area contributed by atoms with Gasteiger partial charge in [-0.1, -0.05) is 13.8 Å². The second-order valence-electron chi connectivity index (χ2n) is 8.99. The molecule has 2 saturated heterocycles. The van der Waals surface area contributed by atoms with Crippen molar-refractivity contribution in [1.29, 1.82) is 0 Å². The second kappa shape index (κ2) is 8.07. The number of amides is 3. The Balaban J connectivity index is 1.36. The molecule has 3 N–H and O–H groups in total. The fourth-order valence-electron chi connectivity index (χ4n) is 4.86. The smallest absolute Gasteiger partial charge is 0.261 e. The minimum atomic E-state index is -0.800. The van der Waals surface area contributed by atoms with Crippen molar-refractivity contribution in [3.05, 3.63) is 29.8 Å². The molecule has 3 amide bonds. The molecule has 1 aromatic rings. The molecule has 2 heterocycles. The molecule has 0 aromatic heterocycles. The number of rotatable bonds is 7. The molecule has 31 heavy (non-hydrogen) atoms. The number of ether oxygens (including phenoxy) is 1. The van der Waals surface area contributed by atoms with Gasteiger partial charge < -0.3 is 15.0 Å². The lowest BCUT2D eigenvalue weighted by Gasteiger charge is -2.30. The monoisotopic (exact) mass is 436 g/mol. The van der Waals surface area contributed by atoms with Crippen LogP contribution in [0.5, 0.6) is 5.75 Å². The molecule has 2 aliphatic heterocycles. The lowest BCUT2D eigenvalue weighted by molar-refractivity contribution is -0.142. The molecule has 1 saturated carbocycles. The zero-order valence-electron chi connectivity index (χ0n) is 17.4. The van der Waals surface area contributed by atoms with Gasteiger partial charge in [0, 0.05) is 37.8 Å². The minimum Gasteiger partial charge on any atom is -0.484 e. The molecular weight excluding hydrogens is 410 g/mol. The Kier molecular flexibility index (Phi) is 5.59. The van der Waals surface area contributed by atoms with Gasteiger partial charge in [0.05, 0.1) is 5.92 Å². The summed E-state index contributed by atoms with van der Waals surface area (Å²) in [5.41, 5.74) is 5.40. The van der Waals surface area contributed by atoms with Crippen molar-refractivity contribution in [2.75, 3.05) is 26.2 Å². The van der Waals surface area contributed by atoms with Crippen LogP contribution in [0, 0.1) is 34.8 Å². The van der Waals surface area contributed by atoms with Crippen LogP contribution in [0.2, 0.25) is 0 Å². The van der Waals surface area contributed by atoms with Crippen LogP contribution in [0.25, 0.3) is 0 Å². The summed E-state index contributed by atoms with van der Waals surface area (Å²) < 4.78 is 31.9. The van der Waals surface area contributed by atoms with E-state index in [0.29, 0.717) is 32.1 Å². The van der Waals surface area contributed by atoms with Crippen LogP contribution in [0.4, 0.5) is 8.78 Å². The van der Waals surface area contributed by atoms with Crippen molar-refractivity contribution in [3.63, 3.8) is 0 Å². The fourth-order valence-corrected chi connectivity index (χ4v) is 4.86. The third-order valence-corrected chi connectivity index (χ3v) is 6.72. The van der Waals surface area contributed by atoms with Crippen LogP contribution in [0.1, 0.15) is 20.3 Å². The molecule has 8 nitrogen and oxygen atoms in total. The summed E-state index contributed by atoms with van der Waals surface area (Å²) in [5, 5.41) is 2.74. The van der Waals surface area contributed by atoms with Crippen LogP contribution >= 0.6 is 0 Å². The summed E-state index contributed by atoms with van der Waals surface area (Å²) in [5.74, 6) is -2.51. The summed E-state index contributed by atoms with van der Waals surface area (Å²) in [6.45, 7) is 5.04. The molecule has 4 atom stereocenters. The number of carbonyl (C=O) groups excluding carboxylic acids is 3. The first-order chi connectivity index (χ1) is 14.7. The fraction of sp³-hybridized carbons (Fsp3) is 0.571. The van der Waals surface area contributed by atoms with Gasteiger partial charge in [-0.15, -0.1) is 0 Å². The lowest BCUT2D eigenvalue weighted by Crippen LogP contribution is -2.54. The molecule has 168 valence electrons. The number of likely N-dealkylation sites (tertiary alicyclic amines) is 1.